The molecule has 244 valence electrons. The van der Waals surface area contributed by atoms with Gasteiger partial charge in [-0.1, -0.05) is 23.2 Å². The average Bonchev–Trinajstić information content (AvgIpc) is 3.74. The Balaban J connectivity index is 1.17. The minimum Gasteiger partial charge on any atom is -0.496 e. The second kappa shape index (κ2) is 11.7. The minimum absolute atomic E-state index is 0.0959. The summed E-state index contributed by atoms with van der Waals surface area (Å²) in [5.74, 6) is -2.80. The predicted molar refractivity (Wildman–Crippen MR) is 160 cm³/mol. The third-order valence-electron chi connectivity index (χ3n) is 10.5. The van der Waals surface area contributed by atoms with Gasteiger partial charge in [0.25, 0.3) is 5.91 Å². The third kappa shape index (κ3) is 5.44. The summed E-state index contributed by atoms with van der Waals surface area (Å²) in [5, 5.41) is 20.1. The van der Waals surface area contributed by atoms with Crippen LogP contribution in [0.2, 0.25) is 0 Å². The largest absolute Gasteiger partial charge is 0.496 e. The Morgan fingerprint density at radius 1 is 1.04 bits per heavy atom. The molecular formula is C34H35F4N3O5. The molecule has 12 heteroatoms. The van der Waals surface area contributed by atoms with Crippen molar-refractivity contribution in [3.8, 4) is 5.75 Å². The van der Waals surface area contributed by atoms with E-state index in [1.165, 1.54) is 7.11 Å². The van der Waals surface area contributed by atoms with Crippen molar-refractivity contribution in [2.45, 2.75) is 69.4 Å². The van der Waals surface area contributed by atoms with Gasteiger partial charge in [-0.15, -0.1) is 0 Å². The molecule has 3 N–H and O–H groups in total. The predicted octanol–water partition coefficient (Wildman–Crippen LogP) is 5.85. The minimum atomic E-state index is -4.92. The fourth-order valence-corrected chi connectivity index (χ4v) is 8.06. The van der Waals surface area contributed by atoms with Gasteiger partial charge >= 0.3 is 6.18 Å². The SMILES string of the molecule is COc1ccc(C2=NOC3CC(O)CC23)cc1C(=O)N[C@H]1[C@@H](C(=O)Nc2ccc(F)c(C(F)(F)F)c2)[C@H]2CC[C@@H]1/C2=C\C1CCC1. The molecular weight excluding hydrogens is 606 g/mol. The van der Waals surface area contributed by atoms with Gasteiger partial charge in [0.05, 0.1) is 36.0 Å². The molecule has 4 fully saturated rings. The second-order valence-electron chi connectivity index (χ2n) is 13.1. The number of nitrogens with zero attached hydrogens (tertiary/aromatic N) is 1. The first-order chi connectivity index (χ1) is 22.0. The molecule has 0 saturated heterocycles. The van der Waals surface area contributed by atoms with E-state index in [9.17, 15) is 32.3 Å². The summed E-state index contributed by atoms with van der Waals surface area (Å²) in [6.45, 7) is 0. The number of ether oxygens (including phenoxy) is 1. The standard InChI is InChI=1S/C34H35F4N3O5/c1-45-27-10-5-17(30-23-14-19(42)15-28(23)46-41-30)12-24(27)32(43)40-31-21-8-7-20(22(21)11-16-3-2-4-16)29(31)33(44)39-18-6-9-26(35)25(13-18)34(36,37)38/h5-6,9-13,16,19-21,23,28-29,31,42H,2-4,7-8,14-15H2,1H3,(H,39,44)(H,40,43)/b22-11-/t19?,20-,21+,23?,28?,29-,31+/m0/s1. The zero-order valence-corrected chi connectivity index (χ0v) is 25.1. The highest BCUT2D eigenvalue weighted by atomic mass is 19.4. The highest BCUT2D eigenvalue weighted by Gasteiger charge is 2.55. The van der Waals surface area contributed by atoms with E-state index in [2.05, 4.69) is 21.9 Å². The number of rotatable bonds is 7. The van der Waals surface area contributed by atoms with Gasteiger partial charge in [-0.25, -0.2) is 4.39 Å². The number of nitrogens with one attached hydrogen (secondary N) is 2. The van der Waals surface area contributed by atoms with E-state index in [1.54, 1.807) is 18.2 Å². The first kappa shape index (κ1) is 30.7. The molecule has 8 nitrogen and oxygen atoms in total. The van der Waals surface area contributed by atoms with Crippen molar-refractivity contribution in [3.05, 3.63) is 70.6 Å². The van der Waals surface area contributed by atoms with Crippen LogP contribution in [0.25, 0.3) is 0 Å². The van der Waals surface area contributed by atoms with E-state index < -0.39 is 47.4 Å². The molecule has 3 unspecified atom stereocenters. The number of hydrogen-bond acceptors (Lipinski definition) is 6. The number of allylic oxidation sites excluding steroid dienone is 1. The van der Waals surface area contributed by atoms with Crippen LogP contribution in [0.15, 0.2) is 53.2 Å². The van der Waals surface area contributed by atoms with Crippen LogP contribution >= 0.6 is 0 Å². The highest BCUT2D eigenvalue weighted by Crippen LogP contribution is 2.54. The number of halogens is 4. The van der Waals surface area contributed by atoms with Crippen LogP contribution in [0, 0.1) is 35.4 Å². The summed E-state index contributed by atoms with van der Waals surface area (Å²) >= 11 is 0. The molecule has 2 bridgehead atoms. The molecule has 4 aliphatic carbocycles. The van der Waals surface area contributed by atoms with Gasteiger partial charge < -0.3 is 25.3 Å². The summed E-state index contributed by atoms with van der Waals surface area (Å²) < 4.78 is 59.7. The van der Waals surface area contributed by atoms with Gasteiger partial charge in [-0.3, -0.25) is 9.59 Å². The number of benzene rings is 2. The number of methoxy groups -OCH3 is 1. The van der Waals surface area contributed by atoms with Crippen LogP contribution in [0.5, 0.6) is 5.75 Å². The first-order valence-corrected chi connectivity index (χ1v) is 15.8. The van der Waals surface area contributed by atoms with Gasteiger partial charge in [0.2, 0.25) is 5.91 Å². The van der Waals surface area contributed by atoms with Crippen LogP contribution in [-0.2, 0) is 15.8 Å². The Morgan fingerprint density at radius 3 is 2.54 bits per heavy atom. The van der Waals surface area contributed by atoms with E-state index in [4.69, 9.17) is 9.57 Å². The molecule has 0 aromatic heterocycles. The van der Waals surface area contributed by atoms with Crippen LogP contribution in [0.3, 0.4) is 0 Å². The van der Waals surface area contributed by atoms with Crippen molar-refractivity contribution in [2.24, 2.45) is 34.7 Å². The van der Waals surface area contributed by atoms with E-state index in [0.29, 0.717) is 47.9 Å². The summed E-state index contributed by atoms with van der Waals surface area (Å²) in [5.41, 5.74) is 1.05. The van der Waals surface area contributed by atoms with Gasteiger partial charge in [0, 0.05) is 35.5 Å². The number of fused-ring (bicyclic) bond motifs is 3. The molecule has 46 heavy (non-hydrogen) atoms. The molecule has 2 amide bonds. The van der Waals surface area contributed by atoms with Gasteiger partial charge in [-0.2, -0.15) is 13.2 Å². The lowest BCUT2D eigenvalue weighted by atomic mass is 9.82. The van der Waals surface area contributed by atoms with Crippen LogP contribution in [-0.4, -0.2) is 48.0 Å². The van der Waals surface area contributed by atoms with Crippen molar-refractivity contribution in [1.29, 1.82) is 0 Å². The summed E-state index contributed by atoms with van der Waals surface area (Å²) in [6.07, 6.45) is 2.35. The quantitative estimate of drug-likeness (QED) is 0.260. The van der Waals surface area contributed by atoms with Crippen LogP contribution < -0.4 is 15.4 Å². The molecule has 0 radical (unpaired) electrons. The lowest BCUT2D eigenvalue weighted by Crippen LogP contribution is -2.48. The number of oxime groups is 1. The Hall–Kier alpha value is -3.93. The average molecular weight is 642 g/mol. The van der Waals surface area contributed by atoms with Crippen molar-refractivity contribution in [3.63, 3.8) is 0 Å². The summed E-state index contributed by atoms with van der Waals surface area (Å²) in [4.78, 5) is 33.4. The normalized spacial score (nSPS) is 30.9. The first-order valence-electron chi connectivity index (χ1n) is 15.8. The molecule has 2 aromatic carbocycles. The smallest absolute Gasteiger partial charge is 0.419 e. The van der Waals surface area contributed by atoms with E-state index in [1.807, 2.05) is 0 Å². The van der Waals surface area contributed by atoms with Gasteiger partial charge in [-0.05, 0) is 80.3 Å². The fourth-order valence-electron chi connectivity index (χ4n) is 8.06. The van der Waals surface area contributed by atoms with Crippen molar-refractivity contribution >= 4 is 23.2 Å². The lowest BCUT2D eigenvalue weighted by Gasteiger charge is -2.30. The maximum absolute atomic E-state index is 14.0. The molecule has 4 saturated carbocycles. The molecule has 0 spiro atoms. The van der Waals surface area contributed by atoms with E-state index in [-0.39, 0.29) is 35.1 Å². The maximum Gasteiger partial charge on any atom is 0.419 e. The van der Waals surface area contributed by atoms with Crippen LogP contribution in [0.4, 0.5) is 23.2 Å². The van der Waals surface area contributed by atoms with E-state index in [0.717, 1.165) is 43.7 Å². The van der Waals surface area contributed by atoms with Crippen molar-refractivity contribution in [2.75, 3.05) is 12.4 Å². The number of aliphatic hydroxyl groups excluding tert-OH is 1. The monoisotopic (exact) mass is 641 g/mol. The summed E-state index contributed by atoms with van der Waals surface area (Å²) in [6, 6.07) is 6.91. The third-order valence-corrected chi connectivity index (χ3v) is 10.5. The topological polar surface area (TPSA) is 109 Å². The highest BCUT2D eigenvalue weighted by molar-refractivity contribution is 6.06. The second-order valence-corrected chi connectivity index (χ2v) is 13.1. The molecule has 1 aliphatic heterocycles. The zero-order chi connectivity index (χ0) is 32.3. The lowest BCUT2D eigenvalue weighted by molar-refractivity contribution is -0.140. The number of alkyl halides is 3. The van der Waals surface area contributed by atoms with Gasteiger partial charge in [0.1, 0.15) is 17.7 Å². The maximum atomic E-state index is 14.0. The van der Waals surface area contributed by atoms with Crippen molar-refractivity contribution < 1.29 is 41.8 Å². The Bertz CT molecular complexity index is 1620. The molecule has 5 aliphatic rings. The van der Waals surface area contributed by atoms with Crippen LogP contribution in [0.1, 0.15) is 66.4 Å². The van der Waals surface area contributed by atoms with Gasteiger partial charge in [0.15, 0.2) is 0 Å². The number of amides is 2. The molecule has 7 rings (SSSR count). The number of carbonyl (C=O) groups excluding carboxylic acids is 2. The molecule has 7 atom stereocenters. The molecule has 1 heterocycles. The number of anilines is 1. The fraction of sp³-hybridized carbons (Fsp3) is 0.500. The molecule has 2 aromatic rings. The summed E-state index contributed by atoms with van der Waals surface area (Å²) in [7, 11) is 1.45. The number of carbonyl (C=O) groups is 2. The Kier molecular flexibility index (Phi) is 7.81. The van der Waals surface area contributed by atoms with E-state index >= 15 is 0 Å². The Morgan fingerprint density at radius 2 is 1.83 bits per heavy atom. The number of hydrogen-bond donors (Lipinski definition) is 3. The Labute approximate surface area is 263 Å². The zero-order valence-electron chi connectivity index (χ0n) is 25.1. The number of aliphatic hydroxyl groups is 1. The van der Waals surface area contributed by atoms with Crippen molar-refractivity contribution in [1.82, 2.24) is 5.32 Å².